The molecule has 5 nitrogen and oxygen atoms in total. The molecule has 164 valence electrons. The lowest BCUT2D eigenvalue weighted by molar-refractivity contribution is 0.0526. The molecule has 1 aromatic carbocycles. The molecule has 0 spiro atoms. The fourth-order valence-electron chi connectivity index (χ4n) is 3.99. The zero-order chi connectivity index (χ0) is 22.7. The number of nitriles is 1. The van der Waals surface area contributed by atoms with E-state index in [1.807, 2.05) is 12.3 Å². The summed E-state index contributed by atoms with van der Waals surface area (Å²) in [4.78, 5) is 18.6. The van der Waals surface area contributed by atoms with E-state index in [-0.39, 0.29) is 5.97 Å². The largest absolute Gasteiger partial charge is 0.462 e. The van der Waals surface area contributed by atoms with Gasteiger partial charge in [0.2, 0.25) is 0 Å². The van der Waals surface area contributed by atoms with Crippen molar-refractivity contribution in [3.05, 3.63) is 61.9 Å². The molecule has 4 rings (SSSR count). The molecule has 0 radical (unpaired) electrons. The number of hydrogen-bond donors (Lipinski definition) is 1. The number of thiazole rings is 1. The van der Waals surface area contributed by atoms with Crippen LogP contribution in [-0.2, 0) is 17.6 Å². The van der Waals surface area contributed by atoms with Crippen molar-refractivity contribution in [1.29, 1.82) is 5.26 Å². The summed E-state index contributed by atoms with van der Waals surface area (Å²) < 4.78 is 5.31. The van der Waals surface area contributed by atoms with Crippen molar-refractivity contribution in [2.45, 2.75) is 46.5 Å². The Morgan fingerprint density at radius 1 is 1.31 bits per heavy atom. The first-order chi connectivity index (χ1) is 15.5. The molecule has 0 fully saturated rings. The molecule has 0 unspecified atom stereocenters. The summed E-state index contributed by atoms with van der Waals surface area (Å²) in [6.07, 6.45) is 5.74. The van der Waals surface area contributed by atoms with E-state index in [4.69, 9.17) is 9.72 Å². The highest BCUT2D eigenvalue weighted by Gasteiger charge is 2.26. The van der Waals surface area contributed by atoms with Crippen molar-refractivity contribution in [3.63, 3.8) is 0 Å². The van der Waals surface area contributed by atoms with Crippen molar-refractivity contribution in [2.75, 3.05) is 11.9 Å². The highest BCUT2D eigenvalue weighted by Crippen LogP contribution is 2.39. The predicted molar refractivity (Wildman–Crippen MR) is 131 cm³/mol. The van der Waals surface area contributed by atoms with Crippen molar-refractivity contribution < 1.29 is 9.53 Å². The molecule has 32 heavy (non-hydrogen) atoms. The summed E-state index contributed by atoms with van der Waals surface area (Å²) >= 11 is 3.03. The number of fused-ring (bicyclic) bond motifs is 1. The van der Waals surface area contributed by atoms with Gasteiger partial charge in [-0.25, -0.2) is 9.78 Å². The number of rotatable bonds is 6. The highest BCUT2D eigenvalue weighted by atomic mass is 32.1. The maximum Gasteiger partial charge on any atom is 0.341 e. The fourth-order valence-corrected chi connectivity index (χ4v) is 6.02. The minimum atomic E-state index is -0.298. The molecule has 0 amide bonds. The molecular formula is C25H25N3O2S2. The van der Waals surface area contributed by atoms with Crippen molar-refractivity contribution in [3.8, 4) is 17.3 Å². The normalized spacial score (nSPS) is 13.4. The monoisotopic (exact) mass is 463 g/mol. The number of ether oxygens (including phenoxy) is 1. The van der Waals surface area contributed by atoms with Crippen LogP contribution in [0.1, 0.15) is 56.7 Å². The van der Waals surface area contributed by atoms with Crippen LogP contribution in [0.2, 0.25) is 0 Å². The molecule has 2 heterocycles. The Bertz CT molecular complexity index is 1230. The van der Waals surface area contributed by atoms with Gasteiger partial charge in [-0.15, -0.1) is 22.7 Å². The minimum Gasteiger partial charge on any atom is -0.462 e. The van der Waals surface area contributed by atoms with E-state index in [0.29, 0.717) is 22.8 Å². The number of allylic oxidation sites excluding steroid dienone is 1. The lowest BCUT2D eigenvalue weighted by atomic mass is 9.95. The third-order valence-electron chi connectivity index (χ3n) is 5.51. The summed E-state index contributed by atoms with van der Waals surface area (Å²) in [6.45, 7) is 6.29. The number of thiophene rings is 1. The second-order valence-corrected chi connectivity index (χ2v) is 9.77. The van der Waals surface area contributed by atoms with Gasteiger partial charge in [-0.3, -0.25) is 0 Å². The number of carbonyl (C=O) groups excluding carboxylic acids is 1. The average molecular weight is 464 g/mol. The Morgan fingerprint density at radius 2 is 2.12 bits per heavy atom. The van der Waals surface area contributed by atoms with E-state index < -0.39 is 0 Å². The number of nitrogens with one attached hydrogen (secondary N) is 1. The van der Waals surface area contributed by atoms with Gasteiger partial charge < -0.3 is 10.1 Å². The number of esters is 1. The summed E-state index contributed by atoms with van der Waals surface area (Å²) in [5.74, 6) is -0.298. The molecule has 0 saturated carbocycles. The summed E-state index contributed by atoms with van der Waals surface area (Å²) in [6, 6.07) is 8.52. The number of benzene rings is 1. The molecule has 0 saturated heterocycles. The van der Waals surface area contributed by atoms with Crippen molar-refractivity contribution in [2.24, 2.45) is 0 Å². The van der Waals surface area contributed by atoms with E-state index in [1.165, 1.54) is 21.8 Å². The number of nitrogens with zero attached hydrogens (tertiary/aromatic N) is 2. The summed E-state index contributed by atoms with van der Waals surface area (Å²) in [5, 5.41) is 16.4. The van der Waals surface area contributed by atoms with Crippen LogP contribution in [0.25, 0.3) is 16.8 Å². The quantitative estimate of drug-likeness (QED) is 0.333. The standard InChI is InChI=1S/C25H25N3O2S2/c1-4-30-25(29)22-19-7-5-6-8-21(19)32-24(22)27-13-17(12-26)23-28-20(14-31-23)18-10-9-15(2)11-16(18)3/h9-11,13-14,27H,4-8H2,1-3H3/b17-13-. The first kappa shape index (κ1) is 22.3. The van der Waals surface area contributed by atoms with Crippen LogP contribution < -0.4 is 5.32 Å². The number of anilines is 1. The first-order valence-electron chi connectivity index (χ1n) is 10.7. The Hall–Kier alpha value is -2.95. The van der Waals surface area contributed by atoms with Gasteiger partial charge in [-0.1, -0.05) is 23.8 Å². The third kappa shape index (κ3) is 4.47. The van der Waals surface area contributed by atoms with Crippen LogP contribution in [0.4, 0.5) is 5.00 Å². The molecule has 1 aliphatic rings. The fraction of sp³-hybridized carbons (Fsp3) is 0.320. The smallest absolute Gasteiger partial charge is 0.341 e. The maximum atomic E-state index is 12.6. The molecule has 7 heteroatoms. The van der Waals surface area contributed by atoms with Gasteiger partial charge in [0.15, 0.2) is 0 Å². The Kier molecular flexibility index (Phi) is 6.73. The maximum absolute atomic E-state index is 12.6. The van der Waals surface area contributed by atoms with Gasteiger partial charge in [0.05, 0.1) is 17.9 Å². The molecule has 1 N–H and O–H groups in total. The SMILES string of the molecule is CCOC(=O)c1c(N/C=C(/C#N)c2nc(-c3ccc(C)cc3C)cs2)sc2c1CCCC2. The molecule has 1 aliphatic carbocycles. The molecule has 0 bridgehead atoms. The van der Waals surface area contributed by atoms with Crippen LogP contribution in [0, 0.1) is 25.2 Å². The van der Waals surface area contributed by atoms with Crippen LogP contribution in [0.5, 0.6) is 0 Å². The van der Waals surface area contributed by atoms with Gasteiger partial charge in [0.1, 0.15) is 21.7 Å². The van der Waals surface area contributed by atoms with Gasteiger partial charge in [-0.05, 0) is 57.6 Å². The van der Waals surface area contributed by atoms with Crippen LogP contribution in [0.15, 0.2) is 29.8 Å². The molecule has 2 aromatic heterocycles. The first-order valence-corrected chi connectivity index (χ1v) is 12.4. The molecule has 0 atom stereocenters. The number of aromatic nitrogens is 1. The van der Waals surface area contributed by atoms with Gasteiger partial charge >= 0.3 is 5.97 Å². The van der Waals surface area contributed by atoms with Crippen molar-refractivity contribution in [1.82, 2.24) is 4.98 Å². The van der Waals surface area contributed by atoms with E-state index in [2.05, 4.69) is 43.4 Å². The Balaban J connectivity index is 1.63. The van der Waals surface area contributed by atoms with Crippen LogP contribution >= 0.6 is 22.7 Å². The number of hydrogen-bond acceptors (Lipinski definition) is 7. The van der Waals surface area contributed by atoms with Crippen LogP contribution in [0.3, 0.4) is 0 Å². The second-order valence-electron chi connectivity index (χ2n) is 7.81. The Labute approximate surface area is 196 Å². The van der Waals surface area contributed by atoms with E-state index in [9.17, 15) is 10.1 Å². The molecular weight excluding hydrogens is 438 g/mol. The lowest BCUT2D eigenvalue weighted by Gasteiger charge is -2.12. The number of carbonyl (C=O) groups is 1. The molecule has 0 aliphatic heterocycles. The van der Waals surface area contributed by atoms with Crippen LogP contribution in [-0.4, -0.2) is 17.6 Å². The average Bonchev–Trinajstić information content (AvgIpc) is 3.39. The second kappa shape index (κ2) is 9.68. The minimum absolute atomic E-state index is 0.298. The summed E-state index contributed by atoms with van der Waals surface area (Å²) in [7, 11) is 0. The highest BCUT2D eigenvalue weighted by molar-refractivity contribution is 7.16. The van der Waals surface area contributed by atoms with E-state index in [0.717, 1.165) is 53.1 Å². The van der Waals surface area contributed by atoms with Gasteiger partial charge in [0.25, 0.3) is 0 Å². The van der Waals surface area contributed by atoms with Gasteiger partial charge in [0, 0.05) is 22.0 Å². The van der Waals surface area contributed by atoms with E-state index in [1.54, 1.807) is 17.5 Å². The lowest BCUT2D eigenvalue weighted by Crippen LogP contribution is -2.10. The topological polar surface area (TPSA) is 75.0 Å². The number of aryl methyl sites for hydroxylation is 3. The summed E-state index contributed by atoms with van der Waals surface area (Å²) in [5.41, 5.74) is 6.45. The zero-order valence-corrected chi connectivity index (χ0v) is 20.1. The Morgan fingerprint density at radius 3 is 2.88 bits per heavy atom. The van der Waals surface area contributed by atoms with Crippen molar-refractivity contribution >= 4 is 39.2 Å². The van der Waals surface area contributed by atoms with Gasteiger partial charge in [-0.2, -0.15) is 5.26 Å². The third-order valence-corrected chi connectivity index (χ3v) is 7.61. The predicted octanol–water partition coefficient (Wildman–Crippen LogP) is 6.52. The zero-order valence-electron chi connectivity index (χ0n) is 18.4. The van der Waals surface area contributed by atoms with E-state index >= 15 is 0 Å². The molecule has 3 aromatic rings.